The van der Waals surface area contributed by atoms with Crippen molar-refractivity contribution in [2.45, 2.75) is 39.3 Å². The second-order valence-corrected chi connectivity index (χ2v) is 5.30. The van der Waals surface area contributed by atoms with Crippen molar-refractivity contribution in [2.75, 3.05) is 0 Å². The molecule has 0 aliphatic rings. The van der Waals surface area contributed by atoms with Crippen LogP contribution in [0.1, 0.15) is 38.4 Å². The van der Waals surface area contributed by atoms with Crippen molar-refractivity contribution in [2.24, 2.45) is 0 Å². The zero-order chi connectivity index (χ0) is 13.7. The van der Waals surface area contributed by atoms with E-state index in [1.54, 1.807) is 12.4 Å². The maximum atomic E-state index is 5.66. The molecule has 19 heavy (non-hydrogen) atoms. The van der Waals surface area contributed by atoms with Gasteiger partial charge in [0.05, 0.1) is 17.9 Å². The number of ether oxygens (including phenoxy) is 1. The van der Waals surface area contributed by atoms with Crippen molar-refractivity contribution in [3.63, 3.8) is 0 Å². The van der Waals surface area contributed by atoms with Gasteiger partial charge < -0.3 is 4.74 Å². The number of halogens is 1. The summed E-state index contributed by atoms with van der Waals surface area (Å²) in [6.45, 7) is 4.82. The highest BCUT2D eigenvalue weighted by Gasteiger charge is 2.08. The molecular weight excluding hydrogens is 306 g/mol. The summed E-state index contributed by atoms with van der Waals surface area (Å²) in [5, 5.41) is 4.55. The molecule has 0 fully saturated rings. The monoisotopic (exact) mass is 323 g/mol. The molecule has 0 aliphatic heterocycles. The van der Waals surface area contributed by atoms with Crippen LogP contribution in [-0.2, 0) is 6.61 Å². The summed E-state index contributed by atoms with van der Waals surface area (Å²) in [7, 11) is 0. The molecule has 2 aromatic rings. The van der Waals surface area contributed by atoms with Gasteiger partial charge >= 0.3 is 0 Å². The summed E-state index contributed by atoms with van der Waals surface area (Å²) in [5.41, 5.74) is 0.937. The molecule has 0 atom stereocenters. The van der Waals surface area contributed by atoms with Crippen LogP contribution in [0.2, 0.25) is 0 Å². The molecule has 0 saturated heterocycles. The maximum absolute atomic E-state index is 5.66. The Hall–Kier alpha value is -1.36. The summed E-state index contributed by atoms with van der Waals surface area (Å²) < 4.78 is 8.60. The van der Waals surface area contributed by atoms with Crippen molar-refractivity contribution >= 4 is 15.9 Å². The van der Waals surface area contributed by atoms with E-state index in [-0.39, 0.29) is 0 Å². The topological polar surface area (TPSA) is 39.9 Å². The van der Waals surface area contributed by atoms with E-state index in [9.17, 15) is 0 Å². The van der Waals surface area contributed by atoms with Crippen LogP contribution < -0.4 is 4.74 Å². The largest absolute Gasteiger partial charge is 0.486 e. The van der Waals surface area contributed by atoms with Crippen molar-refractivity contribution in [1.29, 1.82) is 0 Å². The van der Waals surface area contributed by atoms with E-state index in [2.05, 4.69) is 39.9 Å². The minimum absolute atomic E-state index is 0.464. The highest BCUT2D eigenvalue weighted by Crippen LogP contribution is 2.18. The number of nitrogens with zero attached hydrogens (tertiary/aromatic N) is 3. The minimum Gasteiger partial charge on any atom is -0.486 e. The van der Waals surface area contributed by atoms with Crippen LogP contribution in [0, 0.1) is 0 Å². The lowest BCUT2D eigenvalue weighted by molar-refractivity contribution is 0.296. The van der Waals surface area contributed by atoms with E-state index in [1.165, 1.54) is 0 Å². The molecule has 2 aromatic heterocycles. The van der Waals surface area contributed by atoms with Crippen molar-refractivity contribution < 1.29 is 4.74 Å². The first-order chi connectivity index (χ1) is 9.22. The lowest BCUT2D eigenvalue weighted by Crippen LogP contribution is -2.08. The van der Waals surface area contributed by atoms with Crippen LogP contribution in [0.3, 0.4) is 0 Å². The molecule has 0 N–H and O–H groups in total. The predicted molar refractivity (Wildman–Crippen MR) is 78.1 cm³/mol. The fraction of sp³-hybridized carbons (Fsp3) is 0.429. The molecule has 2 rings (SSSR count). The summed E-state index contributed by atoms with van der Waals surface area (Å²) in [4.78, 5) is 4.06. The molecule has 4 nitrogen and oxygen atoms in total. The average molecular weight is 324 g/mol. The van der Waals surface area contributed by atoms with E-state index < -0.39 is 0 Å². The molecule has 0 bridgehead atoms. The van der Waals surface area contributed by atoms with Crippen molar-refractivity contribution in [3.8, 4) is 5.75 Å². The Balaban J connectivity index is 1.97. The van der Waals surface area contributed by atoms with Gasteiger partial charge in [-0.15, -0.1) is 0 Å². The standard InChI is InChI=1S/C14H18BrN3O/c1-3-13(4-2)18-6-5-12(17-18)10-19-14-7-11(15)8-16-9-14/h5-9,13H,3-4,10H2,1-2H3. The molecule has 0 saturated carbocycles. The van der Waals surface area contributed by atoms with E-state index >= 15 is 0 Å². The molecular formula is C14H18BrN3O. The lowest BCUT2D eigenvalue weighted by atomic mass is 10.2. The van der Waals surface area contributed by atoms with Gasteiger partial charge in [-0.2, -0.15) is 5.10 Å². The van der Waals surface area contributed by atoms with Crippen LogP contribution >= 0.6 is 15.9 Å². The summed E-state index contributed by atoms with van der Waals surface area (Å²) >= 11 is 3.37. The molecule has 0 spiro atoms. The zero-order valence-corrected chi connectivity index (χ0v) is 12.8. The molecule has 0 aliphatic carbocycles. The van der Waals surface area contributed by atoms with Crippen LogP contribution in [-0.4, -0.2) is 14.8 Å². The summed E-state index contributed by atoms with van der Waals surface area (Å²) in [6.07, 6.45) is 7.63. The van der Waals surface area contributed by atoms with Gasteiger partial charge in [0.1, 0.15) is 12.4 Å². The van der Waals surface area contributed by atoms with E-state index in [0.717, 1.165) is 28.8 Å². The molecule has 0 unspecified atom stereocenters. The van der Waals surface area contributed by atoms with Gasteiger partial charge in [0.15, 0.2) is 0 Å². The fourth-order valence-electron chi connectivity index (χ4n) is 1.95. The molecule has 0 amide bonds. The first-order valence-corrected chi connectivity index (χ1v) is 7.29. The Bertz CT molecular complexity index is 523. The third-order valence-corrected chi connectivity index (χ3v) is 3.48. The predicted octanol–water partition coefficient (Wildman–Crippen LogP) is 3.98. The van der Waals surface area contributed by atoms with Crippen molar-refractivity contribution in [1.82, 2.24) is 14.8 Å². The Kier molecular flexibility index (Phi) is 4.96. The number of pyridine rings is 1. The van der Waals surface area contributed by atoms with E-state index in [0.29, 0.717) is 12.6 Å². The third-order valence-electron chi connectivity index (χ3n) is 3.05. The number of hydrogen-bond donors (Lipinski definition) is 0. The maximum Gasteiger partial charge on any atom is 0.139 e. The Morgan fingerprint density at radius 3 is 2.79 bits per heavy atom. The molecule has 0 radical (unpaired) electrons. The number of aromatic nitrogens is 3. The van der Waals surface area contributed by atoms with Crippen LogP contribution in [0.4, 0.5) is 0 Å². The SMILES string of the molecule is CCC(CC)n1ccc(COc2cncc(Br)c2)n1. The molecule has 102 valence electrons. The smallest absolute Gasteiger partial charge is 0.139 e. The van der Waals surface area contributed by atoms with Crippen LogP contribution in [0.5, 0.6) is 5.75 Å². The van der Waals surface area contributed by atoms with Gasteiger partial charge in [-0.25, -0.2) is 0 Å². The van der Waals surface area contributed by atoms with Gasteiger partial charge in [0.25, 0.3) is 0 Å². The van der Waals surface area contributed by atoms with Crippen LogP contribution in [0.15, 0.2) is 35.2 Å². The summed E-state index contributed by atoms with van der Waals surface area (Å²) in [6, 6.07) is 4.37. The first-order valence-electron chi connectivity index (χ1n) is 6.50. The van der Waals surface area contributed by atoms with Crippen LogP contribution in [0.25, 0.3) is 0 Å². The van der Waals surface area contributed by atoms with Crippen molar-refractivity contribution in [3.05, 3.63) is 40.9 Å². The van der Waals surface area contributed by atoms with Gasteiger partial charge in [-0.1, -0.05) is 13.8 Å². The fourth-order valence-corrected chi connectivity index (χ4v) is 2.29. The van der Waals surface area contributed by atoms with E-state index in [1.807, 2.05) is 23.0 Å². The number of hydrogen-bond acceptors (Lipinski definition) is 3. The Morgan fingerprint density at radius 2 is 2.11 bits per heavy atom. The normalized spacial score (nSPS) is 10.9. The molecule has 5 heteroatoms. The Labute approximate surface area is 121 Å². The second kappa shape index (κ2) is 6.70. The zero-order valence-electron chi connectivity index (χ0n) is 11.2. The Morgan fingerprint density at radius 1 is 1.32 bits per heavy atom. The van der Waals surface area contributed by atoms with Gasteiger partial charge in [0, 0.05) is 16.9 Å². The molecule has 0 aromatic carbocycles. The number of rotatable bonds is 6. The molecule has 2 heterocycles. The van der Waals surface area contributed by atoms with Gasteiger partial charge in [-0.05, 0) is 40.9 Å². The summed E-state index contributed by atoms with van der Waals surface area (Å²) in [5.74, 6) is 0.742. The lowest BCUT2D eigenvalue weighted by Gasteiger charge is -2.12. The minimum atomic E-state index is 0.464. The highest BCUT2D eigenvalue weighted by molar-refractivity contribution is 9.10. The average Bonchev–Trinajstić information content (AvgIpc) is 2.87. The van der Waals surface area contributed by atoms with E-state index in [4.69, 9.17) is 4.74 Å². The highest BCUT2D eigenvalue weighted by atomic mass is 79.9. The quantitative estimate of drug-likeness (QED) is 0.807. The third kappa shape index (κ3) is 3.80. The van der Waals surface area contributed by atoms with Gasteiger partial charge in [-0.3, -0.25) is 9.67 Å². The second-order valence-electron chi connectivity index (χ2n) is 4.38. The van der Waals surface area contributed by atoms with Gasteiger partial charge in [0.2, 0.25) is 0 Å². The first kappa shape index (κ1) is 14.1.